The number of carbonyl (C=O) groups is 1. The van der Waals surface area contributed by atoms with E-state index < -0.39 is 17.6 Å². The summed E-state index contributed by atoms with van der Waals surface area (Å²) < 4.78 is 45.7. The maximum Gasteiger partial charge on any atom is 0.284 e. The third kappa shape index (κ3) is 7.69. The van der Waals surface area contributed by atoms with Crippen molar-refractivity contribution in [3.63, 3.8) is 0 Å². The van der Waals surface area contributed by atoms with Crippen LogP contribution >= 0.6 is 11.6 Å². The van der Waals surface area contributed by atoms with Crippen molar-refractivity contribution in [2.24, 2.45) is 5.92 Å². The van der Waals surface area contributed by atoms with Crippen LogP contribution in [0.5, 0.6) is 5.75 Å². The molecule has 0 spiro atoms. The van der Waals surface area contributed by atoms with Crippen molar-refractivity contribution in [1.29, 1.82) is 0 Å². The maximum absolute atomic E-state index is 15.0. The van der Waals surface area contributed by atoms with Crippen LogP contribution in [0.25, 0.3) is 10.9 Å². The van der Waals surface area contributed by atoms with Crippen molar-refractivity contribution < 1.29 is 32.9 Å². The molecular formula is C29H32ClF2N5O5. The van der Waals surface area contributed by atoms with E-state index in [0.717, 1.165) is 12.8 Å². The Balaban J connectivity index is 1.36. The molecule has 3 heterocycles. The first kappa shape index (κ1) is 30.1. The van der Waals surface area contributed by atoms with Gasteiger partial charge >= 0.3 is 0 Å². The number of hydrogen-bond donors (Lipinski definition) is 3. The fourth-order valence-corrected chi connectivity index (χ4v) is 5.02. The van der Waals surface area contributed by atoms with Crippen LogP contribution in [0.1, 0.15) is 12.8 Å². The Hall–Kier alpha value is -3.42. The molecule has 0 aliphatic carbocycles. The fourth-order valence-electron chi connectivity index (χ4n) is 4.84. The molecule has 2 fully saturated rings. The summed E-state index contributed by atoms with van der Waals surface area (Å²) in [6, 6.07) is 7.44. The smallest absolute Gasteiger partial charge is 0.284 e. The van der Waals surface area contributed by atoms with Gasteiger partial charge in [-0.3, -0.25) is 9.69 Å². The van der Waals surface area contributed by atoms with E-state index in [-0.39, 0.29) is 42.5 Å². The third-order valence-electron chi connectivity index (χ3n) is 7.09. The van der Waals surface area contributed by atoms with Crippen LogP contribution in [0.2, 0.25) is 5.02 Å². The second kappa shape index (κ2) is 14.2. The number of anilines is 3. The Morgan fingerprint density at radius 2 is 2.14 bits per heavy atom. The van der Waals surface area contributed by atoms with Gasteiger partial charge in [0.05, 0.1) is 48.8 Å². The van der Waals surface area contributed by atoms with Gasteiger partial charge in [-0.2, -0.15) is 0 Å². The van der Waals surface area contributed by atoms with E-state index in [9.17, 15) is 13.6 Å². The van der Waals surface area contributed by atoms with Crippen LogP contribution in [0, 0.1) is 11.7 Å². The number of carbonyl (C=O) groups excluding carboxylic acids is 1. The Bertz CT molecular complexity index is 1440. The third-order valence-corrected chi connectivity index (χ3v) is 7.37. The van der Waals surface area contributed by atoms with E-state index in [1.165, 1.54) is 30.6 Å². The molecule has 2 unspecified atom stereocenters. The standard InChI is InChI=1S/C29H32ClF2N5O5/c30-22-11-19(1-2-23(22)31)35-28-21-12-26(27(13-25(21)33-17-34-28)42-16-18-5-9-40-15-18)36-29(39)24(32)4-7-37-6-3-20(14-37)41-10-8-38/h1-2,4,11-13,17-18,20,38H,3,5-10,14-16H2,(H,36,39)(H,33,34,35). The lowest BCUT2D eigenvalue weighted by Crippen LogP contribution is -2.25. The molecule has 3 aromatic rings. The molecule has 0 saturated carbocycles. The van der Waals surface area contributed by atoms with Crippen LogP contribution in [0.15, 0.2) is 48.6 Å². The molecule has 224 valence electrons. The number of aromatic nitrogens is 2. The average Bonchev–Trinajstić information content (AvgIpc) is 3.68. The predicted molar refractivity (Wildman–Crippen MR) is 154 cm³/mol. The average molecular weight is 604 g/mol. The summed E-state index contributed by atoms with van der Waals surface area (Å²) in [7, 11) is 0. The number of fused-ring (bicyclic) bond motifs is 1. The zero-order valence-corrected chi connectivity index (χ0v) is 23.6. The van der Waals surface area contributed by atoms with Crippen LogP contribution in [0.4, 0.5) is 26.0 Å². The van der Waals surface area contributed by atoms with Crippen LogP contribution < -0.4 is 15.4 Å². The number of ether oxygens (including phenoxy) is 3. The maximum atomic E-state index is 15.0. The fraction of sp³-hybridized carbons (Fsp3) is 0.414. The summed E-state index contributed by atoms with van der Waals surface area (Å²) in [5, 5.41) is 15.1. The monoisotopic (exact) mass is 603 g/mol. The molecule has 2 atom stereocenters. The molecular weight excluding hydrogens is 572 g/mol. The number of halogens is 3. The lowest BCUT2D eigenvalue weighted by Gasteiger charge is -2.17. The molecule has 2 saturated heterocycles. The van der Waals surface area contributed by atoms with Gasteiger partial charge < -0.3 is 30.0 Å². The van der Waals surface area contributed by atoms with Crippen LogP contribution in [-0.2, 0) is 14.3 Å². The molecule has 42 heavy (non-hydrogen) atoms. The molecule has 5 rings (SSSR count). The molecule has 1 aromatic heterocycles. The number of nitrogens with one attached hydrogen (secondary N) is 2. The normalized spacial score (nSPS) is 19.4. The lowest BCUT2D eigenvalue weighted by molar-refractivity contribution is -0.114. The topological polar surface area (TPSA) is 118 Å². The second-order valence-electron chi connectivity index (χ2n) is 10.2. The van der Waals surface area contributed by atoms with Gasteiger partial charge in [-0.15, -0.1) is 0 Å². The minimum Gasteiger partial charge on any atom is -0.491 e. The van der Waals surface area contributed by atoms with Gasteiger partial charge in [0.2, 0.25) is 0 Å². The number of hydrogen-bond acceptors (Lipinski definition) is 9. The molecule has 0 radical (unpaired) electrons. The summed E-state index contributed by atoms with van der Waals surface area (Å²) in [6.45, 7) is 3.32. The van der Waals surface area contributed by atoms with E-state index in [1.807, 2.05) is 4.90 Å². The molecule has 0 bridgehead atoms. The minimum atomic E-state index is -0.936. The number of nitrogens with zero attached hydrogens (tertiary/aromatic N) is 3. The van der Waals surface area contributed by atoms with E-state index in [1.54, 1.807) is 12.1 Å². The van der Waals surface area contributed by atoms with E-state index in [0.29, 0.717) is 61.1 Å². The molecule has 13 heteroatoms. The molecule has 2 aromatic carbocycles. The number of benzene rings is 2. The highest BCUT2D eigenvalue weighted by molar-refractivity contribution is 6.31. The minimum absolute atomic E-state index is 0.0269. The summed E-state index contributed by atoms with van der Waals surface area (Å²) in [5.41, 5.74) is 1.25. The van der Waals surface area contributed by atoms with E-state index >= 15 is 0 Å². The zero-order valence-electron chi connectivity index (χ0n) is 22.8. The first-order valence-corrected chi connectivity index (χ1v) is 14.1. The SMILES string of the molecule is O=C(Nc1cc2c(Nc3ccc(F)c(Cl)c3)ncnc2cc1OCC1CCOC1)C(F)=CCN1CCC(OCCO)C1. The number of amides is 1. The van der Waals surface area contributed by atoms with Gasteiger partial charge in [-0.25, -0.2) is 18.7 Å². The van der Waals surface area contributed by atoms with Gasteiger partial charge in [-0.05, 0) is 43.2 Å². The number of likely N-dealkylation sites (tertiary alicyclic amines) is 1. The first-order valence-electron chi connectivity index (χ1n) is 13.7. The molecule has 2 aliphatic rings. The molecule has 10 nitrogen and oxygen atoms in total. The highest BCUT2D eigenvalue weighted by Gasteiger charge is 2.23. The second-order valence-corrected chi connectivity index (χ2v) is 10.6. The van der Waals surface area contributed by atoms with Crippen LogP contribution in [-0.4, -0.2) is 84.7 Å². The molecule has 2 aliphatic heterocycles. The zero-order chi connectivity index (χ0) is 29.5. The van der Waals surface area contributed by atoms with Crippen molar-refractivity contribution in [2.75, 3.05) is 63.3 Å². The van der Waals surface area contributed by atoms with Crippen molar-refractivity contribution in [3.8, 4) is 5.75 Å². The highest BCUT2D eigenvalue weighted by atomic mass is 35.5. The van der Waals surface area contributed by atoms with Crippen molar-refractivity contribution in [1.82, 2.24) is 14.9 Å². The Labute approximate surface area is 246 Å². The van der Waals surface area contributed by atoms with Crippen molar-refractivity contribution in [2.45, 2.75) is 18.9 Å². The summed E-state index contributed by atoms with van der Waals surface area (Å²) in [5.74, 6) is -1.52. The summed E-state index contributed by atoms with van der Waals surface area (Å²) in [4.78, 5) is 23.5. The van der Waals surface area contributed by atoms with E-state index in [4.69, 9.17) is 30.9 Å². The predicted octanol–water partition coefficient (Wildman–Crippen LogP) is 4.46. The van der Waals surface area contributed by atoms with Crippen LogP contribution in [0.3, 0.4) is 0 Å². The quantitative estimate of drug-likeness (QED) is 0.258. The number of aliphatic hydroxyl groups is 1. The first-order chi connectivity index (χ1) is 20.4. The number of aliphatic hydroxyl groups excluding tert-OH is 1. The van der Waals surface area contributed by atoms with Gasteiger partial charge in [0.25, 0.3) is 5.91 Å². The lowest BCUT2D eigenvalue weighted by atomic mass is 10.1. The van der Waals surface area contributed by atoms with Gasteiger partial charge in [0, 0.05) is 49.3 Å². The van der Waals surface area contributed by atoms with E-state index in [2.05, 4.69) is 20.6 Å². The van der Waals surface area contributed by atoms with Gasteiger partial charge in [0.15, 0.2) is 5.83 Å². The Morgan fingerprint density at radius 3 is 2.93 bits per heavy atom. The summed E-state index contributed by atoms with van der Waals surface area (Å²) in [6.07, 6.45) is 4.19. The van der Waals surface area contributed by atoms with Crippen molar-refractivity contribution in [3.05, 3.63) is 59.4 Å². The molecule has 1 amide bonds. The van der Waals surface area contributed by atoms with Gasteiger partial charge in [-0.1, -0.05) is 11.6 Å². The summed E-state index contributed by atoms with van der Waals surface area (Å²) >= 11 is 5.93. The number of rotatable bonds is 12. The Morgan fingerprint density at radius 1 is 1.26 bits per heavy atom. The van der Waals surface area contributed by atoms with Crippen molar-refractivity contribution >= 4 is 45.6 Å². The Kier molecular flexibility index (Phi) is 10.1. The molecule has 3 N–H and O–H groups in total. The van der Waals surface area contributed by atoms with Gasteiger partial charge in [0.1, 0.15) is 23.7 Å². The highest BCUT2D eigenvalue weighted by Crippen LogP contribution is 2.35. The largest absolute Gasteiger partial charge is 0.491 e.